The molecule has 0 radical (unpaired) electrons. The van der Waals surface area contributed by atoms with Gasteiger partial charge in [-0.05, 0) is 24.3 Å². The second-order valence-electron chi connectivity index (χ2n) is 5.68. The van der Waals surface area contributed by atoms with Crippen LogP contribution in [0, 0.1) is 0 Å². The molecule has 0 fully saturated rings. The summed E-state index contributed by atoms with van der Waals surface area (Å²) >= 11 is 0. The van der Waals surface area contributed by atoms with Crippen LogP contribution >= 0.6 is 0 Å². The molecule has 2 aromatic carbocycles. The Bertz CT molecular complexity index is 520. The monoisotopic (exact) mass is 330 g/mol. The van der Waals surface area contributed by atoms with Gasteiger partial charge in [0.05, 0.1) is 25.9 Å². The van der Waals surface area contributed by atoms with Crippen LogP contribution in [-0.2, 0) is 0 Å². The minimum atomic E-state index is -0.608. The topological polar surface area (TPSA) is 67.2 Å². The number of aliphatic hydroxyl groups excluding tert-OH is 3. The van der Waals surface area contributed by atoms with Crippen LogP contribution in [0.1, 0.15) is 0 Å². The Morgan fingerprint density at radius 1 is 0.708 bits per heavy atom. The Balaban J connectivity index is 2.10. The molecule has 2 rings (SSSR count). The molecule has 0 bridgehead atoms. The van der Waals surface area contributed by atoms with Crippen molar-refractivity contribution in [3.63, 3.8) is 0 Å². The lowest BCUT2D eigenvalue weighted by molar-refractivity contribution is 0.0918. The van der Waals surface area contributed by atoms with Crippen molar-refractivity contribution in [3.05, 3.63) is 60.7 Å². The molecule has 0 amide bonds. The molecule has 0 aliphatic carbocycles. The summed E-state index contributed by atoms with van der Waals surface area (Å²) in [7, 11) is 0. The smallest absolute Gasteiger partial charge is 0.0845 e. The lowest BCUT2D eigenvalue weighted by atomic mass is 10.2. The zero-order chi connectivity index (χ0) is 17.2. The third-order valence-electron chi connectivity index (χ3n) is 3.83. The van der Waals surface area contributed by atoms with Gasteiger partial charge in [-0.15, -0.1) is 0 Å². The molecule has 0 spiro atoms. The summed E-state index contributed by atoms with van der Waals surface area (Å²) in [6.07, 6.45) is -0.608. The number of para-hydroxylation sites is 2. The van der Waals surface area contributed by atoms with E-state index in [9.17, 15) is 5.11 Å². The highest BCUT2D eigenvalue weighted by molar-refractivity contribution is 5.63. The van der Waals surface area contributed by atoms with E-state index in [1.807, 2.05) is 65.6 Å². The summed E-state index contributed by atoms with van der Waals surface area (Å²) in [5, 5.41) is 28.7. The van der Waals surface area contributed by atoms with E-state index in [1.165, 1.54) is 0 Å². The van der Waals surface area contributed by atoms with Crippen molar-refractivity contribution in [1.82, 2.24) is 4.90 Å². The molecular weight excluding hydrogens is 304 g/mol. The van der Waals surface area contributed by atoms with Crippen molar-refractivity contribution in [2.45, 2.75) is 6.10 Å². The summed E-state index contributed by atoms with van der Waals surface area (Å²) < 4.78 is 0. The normalized spacial score (nSPS) is 12.3. The highest BCUT2D eigenvalue weighted by Crippen LogP contribution is 2.25. The van der Waals surface area contributed by atoms with Gasteiger partial charge in [0.2, 0.25) is 0 Å². The Labute approximate surface area is 143 Å². The van der Waals surface area contributed by atoms with Crippen molar-refractivity contribution >= 4 is 11.4 Å². The summed E-state index contributed by atoms with van der Waals surface area (Å²) in [6.45, 7) is 1.73. The maximum Gasteiger partial charge on any atom is 0.0845 e. The number of aliphatic hydroxyl groups is 3. The summed E-state index contributed by atoms with van der Waals surface area (Å²) in [4.78, 5) is 3.93. The highest BCUT2D eigenvalue weighted by atomic mass is 16.3. The van der Waals surface area contributed by atoms with E-state index in [-0.39, 0.29) is 13.2 Å². The number of anilines is 2. The van der Waals surface area contributed by atoms with Crippen molar-refractivity contribution < 1.29 is 15.3 Å². The summed E-state index contributed by atoms with van der Waals surface area (Å²) in [5.74, 6) is 0. The van der Waals surface area contributed by atoms with Gasteiger partial charge in [0.15, 0.2) is 0 Å². The first-order valence-electron chi connectivity index (χ1n) is 8.24. The van der Waals surface area contributed by atoms with Gasteiger partial charge < -0.3 is 20.2 Å². The fraction of sp³-hybridized carbons (Fsp3) is 0.368. The lowest BCUT2D eigenvalue weighted by Crippen LogP contribution is -2.41. The average molecular weight is 330 g/mol. The number of hydrogen-bond donors (Lipinski definition) is 3. The van der Waals surface area contributed by atoms with Crippen molar-refractivity contribution in [2.75, 3.05) is 44.3 Å². The fourth-order valence-electron chi connectivity index (χ4n) is 2.72. The molecule has 1 atom stereocenters. The van der Waals surface area contributed by atoms with Crippen LogP contribution in [0.3, 0.4) is 0 Å². The quantitative estimate of drug-likeness (QED) is 0.616. The first-order valence-corrected chi connectivity index (χ1v) is 8.24. The minimum absolute atomic E-state index is 0.00774. The molecule has 24 heavy (non-hydrogen) atoms. The number of rotatable bonds is 10. The van der Waals surface area contributed by atoms with Gasteiger partial charge in [-0.3, -0.25) is 4.90 Å². The van der Waals surface area contributed by atoms with Gasteiger partial charge in [0.25, 0.3) is 0 Å². The van der Waals surface area contributed by atoms with E-state index in [0.29, 0.717) is 26.2 Å². The third kappa shape index (κ3) is 5.62. The Morgan fingerprint density at radius 3 is 1.58 bits per heavy atom. The van der Waals surface area contributed by atoms with Crippen LogP contribution in [-0.4, -0.2) is 65.7 Å². The van der Waals surface area contributed by atoms with Crippen molar-refractivity contribution in [2.24, 2.45) is 0 Å². The Hall–Kier alpha value is -1.92. The maximum atomic E-state index is 10.5. The summed E-state index contributed by atoms with van der Waals surface area (Å²) in [6, 6.07) is 19.9. The van der Waals surface area contributed by atoms with E-state index >= 15 is 0 Å². The highest BCUT2D eigenvalue weighted by Gasteiger charge is 2.17. The molecule has 0 aromatic heterocycles. The zero-order valence-electron chi connectivity index (χ0n) is 13.8. The van der Waals surface area contributed by atoms with Crippen molar-refractivity contribution in [1.29, 1.82) is 0 Å². The van der Waals surface area contributed by atoms with Crippen LogP contribution in [0.5, 0.6) is 0 Å². The van der Waals surface area contributed by atoms with E-state index in [4.69, 9.17) is 10.2 Å². The van der Waals surface area contributed by atoms with Crippen LogP contribution < -0.4 is 4.90 Å². The van der Waals surface area contributed by atoms with Gasteiger partial charge in [-0.1, -0.05) is 36.4 Å². The molecule has 0 unspecified atom stereocenters. The largest absolute Gasteiger partial charge is 0.395 e. The first kappa shape index (κ1) is 18.4. The Morgan fingerprint density at radius 2 is 1.17 bits per heavy atom. The molecule has 3 N–H and O–H groups in total. The SMILES string of the molecule is OCCN(CCO)C[C@H](O)CN(c1ccccc1)c1ccccc1. The predicted molar refractivity (Wildman–Crippen MR) is 96.5 cm³/mol. The molecule has 2 aromatic rings. The fourth-order valence-corrected chi connectivity index (χ4v) is 2.72. The van der Waals surface area contributed by atoms with Gasteiger partial charge >= 0.3 is 0 Å². The average Bonchev–Trinajstić information content (AvgIpc) is 2.61. The Kier molecular flexibility index (Phi) is 7.71. The zero-order valence-corrected chi connectivity index (χ0v) is 13.8. The number of benzene rings is 2. The van der Waals surface area contributed by atoms with E-state index in [2.05, 4.69) is 4.90 Å². The molecule has 0 heterocycles. The van der Waals surface area contributed by atoms with E-state index in [1.54, 1.807) is 0 Å². The molecule has 130 valence electrons. The maximum absolute atomic E-state index is 10.5. The summed E-state index contributed by atoms with van der Waals surface area (Å²) in [5.41, 5.74) is 2.03. The molecular formula is C19H26N2O3. The van der Waals surface area contributed by atoms with Crippen LogP contribution in [0.4, 0.5) is 11.4 Å². The third-order valence-corrected chi connectivity index (χ3v) is 3.83. The standard InChI is InChI=1S/C19H26N2O3/c22-13-11-20(12-14-23)15-19(24)16-21(17-7-3-1-4-8-17)18-9-5-2-6-10-18/h1-10,19,22-24H,11-16H2/t19-/m0/s1. The number of hydrogen-bond acceptors (Lipinski definition) is 5. The van der Waals surface area contributed by atoms with E-state index in [0.717, 1.165) is 11.4 Å². The minimum Gasteiger partial charge on any atom is -0.395 e. The van der Waals surface area contributed by atoms with Crippen LogP contribution in [0.15, 0.2) is 60.7 Å². The molecule has 0 aliphatic heterocycles. The van der Waals surface area contributed by atoms with Gasteiger partial charge in [-0.2, -0.15) is 0 Å². The predicted octanol–water partition coefficient (Wildman–Crippen LogP) is 1.47. The first-order chi connectivity index (χ1) is 11.7. The molecule has 5 nitrogen and oxygen atoms in total. The van der Waals surface area contributed by atoms with Crippen molar-refractivity contribution in [3.8, 4) is 0 Å². The molecule has 5 heteroatoms. The molecule has 0 aliphatic rings. The van der Waals surface area contributed by atoms with Crippen LogP contribution in [0.2, 0.25) is 0 Å². The lowest BCUT2D eigenvalue weighted by Gasteiger charge is -2.30. The van der Waals surface area contributed by atoms with E-state index < -0.39 is 6.10 Å². The second-order valence-corrected chi connectivity index (χ2v) is 5.68. The van der Waals surface area contributed by atoms with Crippen LogP contribution in [0.25, 0.3) is 0 Å². The van der Waals surface area contributed by atoms with Gasteiger partial charge in [-0.25, -0.2) is 0 Å². The second kappa shape index (κ2) is 10.1. The van der Waals surface area contributed by atoms with Gasteiger partial charge in [0, 0.05) is 31.0 Å². The van der Waals surface area contributed by atoms with Gasteiger partial charge in [0.1, 0.15) is 0 Å². The molecule has 0 saturated heterocycles. The molecule has 0 saturated carbocycles. The number of nitrogens with zero attached hydrogens (tertiary/aromatic N) is 2.